The Hall–Kier alpha value is -0.610. The first-order valence-corrected chi connectivity index (χ1v) is 8.51. The van der Waals surface area contributed by atoms with E-state index in [-0.39, 0.29) is 12.5 Å². The molecule has 0 aliphatic rings. The van der Waals surface area contributed by atoms with Gasteiger partial charge in [-0.2, -0.15) is 0 Å². The Balaban J connectivity index is 2.96. The molecule has 3 nitrogen and oxygen atoms in total. The summed E-state index contributed by atoms with van der Waals surface area (Å²) in [6.45, 7) is 5.55. The fraction of sp³-hybridized carbons (Fsp3) is 0.667. The summed E-state index contributed by atoms with van der Waals surface area (Å²) in [5.74, 6) is 0.147. The lowest BCUT2D eigenvalue weighted by molar-refractivity contribution is -0.0999. The predicted octanol–water partition coefficient (Wildman–Crippen LogP) is 4.41. The summed E-state index contributed by atoms with van der Waals surface area (Å²) in [5, 5.41) is 12.0. The van der Waals surface area contributed by atoms with E-state index in [1.54, 1.807) is 7.11 Å². The minimum atomic E-state index is -1.01. The Morgan fingerprint density at radius 2 is 2.05 bits per heavy atom. The van der Waals surface area contributed by atoms with Crippen molar-refractivity contribution in [1.82, 2.24) is 0 Å². The van der Waals surface area contributed by atoms with Gasteiger partial charge < -0.3 is 14.6 Å². The molecule has 1 aromatic rings. The lowest BCUT2D eigenvalue weighted by Gasteiger charge is -2.36. The van der Waals surface area contributed by atoms with Gasteiger partial charge in [0.1, 0.15) is 5.60 Å². The van der Waals surface area contributed by atoms with Crippen LogP contribution in [0.4, 0.5) is 0 Å². The standard InChI is InChI=1S/C18H29ClO3/c1-4-6-8-15(5-2)18(20,14-22-12-11-21-3)16-9-7-10-17(19)13-16/h7,9-10,13,15,20H,4-6,8,11-12,14H2,1-3H3/t15-,18-/m0/s1. The van der Waals surface area contributed by atoms with E-state index in [1.165, 1.54) is 0 Å². The van der Waals surface area contributed by atoms with Crippen molar-refractivity contribution in [2.45, 2.75) is 45.1 Å². The van der Waals surface area contributed by atoms with E-state index >= 15 is 0 Å². The number of unbranched alkanes of at least 4 members (excludes halogenated alkanes) is 1. The second kappa shape index (κ2) is 10.2. The molecule has 0 radical (unpaired) electrons. The van der Waals surface area contributed by atoms with Gasteiger partial charge in [0.2, 0.25) is 0 Å². The first-order chi connectivity index (χ1) is 10.6. The topological polar surface area (TPSA) is 38.7 Å². The summed E-state index contributed by atoms with van der Waals surface area (Å²) in [6, 6.07) is 7.48. The minimum Gasteiger partial charge on any atom is -0.382 e. The molecule has 1 aromatic carbocycles. The highest BCUT2D eigenvalue weighted by molar-refractivity contribution is 6.30. The number of rotatable bonds is 11. The van der Waals surface area contributed by atoms with Gasteiger partial charge in [0.05, 0.1) is 19.8 Å². The Morgan fingerprint density at radius 3 is 2.64 bits per heavy atom. The minimum absolute atomic E-state index is 0.147. The Morgan fingerprint density at radius 1 is 1.27 bits per heavy atom. The van der Waals surface area contributed by atoms with Crippen LogP contribution >= 0.6 is 11.6 Å². The maximum atomic E-state index is 11.4. The van der Waals surface area contributed by atoms with E-state index in [0.717, 1.165) is 31.2 Å². The normalized spacial score (nSPS) is 15.5. The molecule has 0 bridgehead atoms. The molecule has 0 unspecified atom stereocenters. The van der Waals surface area contributed by atoms with Gasteiger partial charge >= 0.3 is 0 Å². The molecule has 0 saturated carbocycles. The van der Waals surface area contributed by atoms with Gasteiger partial charge in [-0.3, -0.25) is 0 Å². The van der Waals surface area contributed by atoms with Crippen LogP contribution in [0.25, 0.3) is 0 Å². The summed E-state index contributed by atoms with van der Waals surface area (Å²) < 4.78 is 10.7. The zero-order valence-corrected chi connectivity index (χ0v) is 14.7. The number of aliphatic hydroxyl groups is 1. The van der Waals surface area contributed by atoms with Crippen LogP contribution in [-0.2, 0) is 15.1 Å². The summed E-state index contributed by atoms with van der Waals surface area (Å²) in [6.07, 6.45) is 4.09. The molecule has 1 rings (SSSR count). The first-order valence-electron chi connectivity index (χ1n) is 8.13. The van der Waals surface area contributed by atoms with E-state index in [4.69, 9.17) is 21.1 Å². The van der Waals surface area contributed by atoms with Crippen LogP contribution in [0.1, 0.15) is 45.1 Å². The van der Waals surface area contributed by atoms with Gasteiger partial charge in [-0.1, -0.05) is 56.8 Å². The largest absolute Gasteiger partial charge is 0.382 e. The van der Waals surface area contributed by atoms with Crippen molar-refractivity contribution in [3.05, 3.63) is 34.9 Å². The molecule has 1 N–H and O–H groups in total. The summed E-state index contributed by atoms with van der Waals surface area (Å²) in [5.41, 5.74) is -0.178. The lowest BCUT2D eigenvalue weighted by atomic mass is 9.77. The highest BCUT2D eigenvalue weighted by atomic mass is 35.5. The molecular weight excluding hydrogens is 300 g/mol. The van der Waals surface area contributed by atoms with Gasteiger partial charge in [-0.05, 0) is 30.0 Å². The van der Waals surface area contributed by atoms with Crippen molar-refractivity contribution in [2.24, 2.45) is 5.92 Å². The third kappa shape index (κ3) is 5.54. The van der Waals surface area contributed by atoms with Crippen molar-refractivity contribution in [1.29, 1.82) is 0 Å². The highest BCUT2D eigenvalue weighted by Gasteiger charge is 2.37. The van der Waals surface area contributed by atoms with Gasteiger partial charge in [0.15, 0.2) is 0 Å². The number of hydrogen-bond acceptors (Lipinski definition) is 3. The maximum Gasteiger partial charge on any atom is 0.116 e. The second-order valence-electron chi connectivity index (χ2n) is 5.73. The van der Waals surface area contributed by atoms with Crippen LogP contribution in [-0.4, -0.2) is 32.0 Å². The van der Waals surface area contributed by atoms with Crippen molar-refractivity contribution in [2.75, 3.05) is 26.9 Å². The molecule has 4 heteroatoms. The zero-order chi connectivity index (χ0) is 16.4. The van der Waals surface area contributed by atoms with Crippen molar-refractivity contribution < 1.29 is 14.6 Å². The Labute approximate surface area is 139 Å². The summed E-state index contributed by atoms with van der Waals surface area (Å²) in [4.78, 5) is 0. The SMILES string of the molecule is CCCC[C@H](CC)[C@@](O)(COCCOC)c1cccc(Cl)c1. The van der Waals surface area contributed by atoms with Crippen LogP contribution in [0.5, 0.6) is 0 Å². The third-order valence-corrected chi connectivity index (χ3v) is 4.39. The fourth-order valence-corrected chi connectivity index (χ4v) is 2.99. The van der Waals surface area contributed by atoms with Crippen molar-refractivity contribution in [3.63, 3.8) is 0 Å². The van der Waals surface area contributed by atoms with Crippen molar-refractivity contribution >= 4 is 11.6 Å². The zero-order valence-electron chi connectivity index (χ0n) is 14.0. The number of ether oxygens (including phenoxy) is 2. The summed E-state index contributed by atoms with van der Waals surface area (Å²) >= 11 is 6.11. The number of methoxy groups -OCH3 is 1. The van der Waals surface area contributed by atoms with Gasteiger partial charge in [0, 0.05) is 12.1 Å². The molecule has 0 saturated heterocycles. The second-order valence-corrected chi connectivity index (χ2v) is 6.16. The number of hydrogen-bond donors (Lipinski definition) is 1. The first kappa shape index (κ1) is 19.4. The fourth-order valence-electron chi connectivity index (χ4n) is 2.80. The lowest BCUT2D eigenvalue weighted by Crippen LogP contribution is -2.40. The van der Waals surface area contributed by atoms with E-state index in [1.807, 2.05) is 24.3 Å². The maximum absolute atomic E-state index is 11.4. The van der Waals surface area contributed by atoms with Crippen LogP contribution in [0.3, 0.4) is 0 Å². The number of benzene rings is 1. The predicted molar refractivity (Wildman–Crippen MR) is 91.3 cm³/mol. The average Bonchev–Trinajstić information content (AvgIpc) is 2.52. The molecule has 2 atom stereocenters. The quantitative estimate of drug-likeness (QED) is 0.612. The van der Waals surface area contributed by atoms with E-state index < -0.39 is 5.60 Å². The van der Waals surface area contributed by atoms with Crippen LogP contribution in [0, 0.1) is 5.92 Å². The molecule has 0 aliphatic heterocycles. The average molecular weight is 329 g/mol. The molecule has 0 fully saturated rings. The van der Waals surface area contributed by atoms with E-state index in [0.29, 0.717) is 18.2 Å². The molecule has 0 heterocycles. The van der Waals surface area contributed by atoms with Gasteiger partial charge in [0.25, 0.3) is 0 Å². The van der Waals surface area contributed by atoms with Gasteiger partial charge in [-0.15, -0.1) is 0 Å². The Bertz CT molecular complexity index is 425. The molecule has 126 valence electrons. The third-order valence-electron chi connectivity index (χ3n) is 4.15. The molecule has 0 aliphatic carbocycles. The smallest absolute Gasteiger partial charge is 0.116 e. The van der Waals surface area contributed by atoms with Crippen LogP contribution in [0.2, 0.25) is 5.02 Å². The molecule has 0 amide bonds. The molecule has 22 heavy (non-hydrogen) atoms. The van der Waals surface area contributed by atoms with E-state index in [2.05, 4.69) is 13.8 Å². The summed E-state index contributed by atoms with van der Waals surface area (Å²) in [7, 11) is 1.64. The molecule has 0 spiro atoms. The monoisotopic (exact) mass is 328 g/mol. The highest BCUT2D eigenvalue weighted by Crippen LogP contribution is 2.36. The Kier molecular flexibility index (Phi) is 9.03. The van der Waals surface area contributed by atoms with Crippen LogP contribution in [0.15, 0.2) is 24.3 Å². The molecule has 0 aromatic heterocycles. The van der Waals surface area contributed by atoms with Gasteiger partial charge in [-0.25, -0.2) is 0 Å². The number of halogens is 1. The van der Waals surface area contributed by atoms with Crippen LogP contribution < -0.4 is 0 Å². The molecular formula is C18H29ClO3. The van der Waals surface area contributed by atoms with Crippen molar-refractivity contribution in [3.8, 4) is 0 Å². The van der Waals surface area contributed by atoms with E-state index in [9.17, 15) is 5.11 Å².